The molecule has 1 N–H and O–H groups in total. The fourth-order valence-electron chi connectivity index (χ4n) is 0.959. The molecule has 1 unspecified atom stereocenters. The van der Waals surface area contributed by atoms with Crippen molar-refractivity contribution in [2.75, 3.05) is 0 Å². The van der Waals surface area contributed by atoms with Gasteiger partial charge in [0.05, 0.1) is 4.47 Å². The van der Waals surface area contributed by atoms with Crippen LogP contribution in [0.15, 0.2) is 27.6 Å². The maximum absolute atomic E-state index is 12.6. The zero-order valence-corrected chi connectivity index (χ0v) is 10.7. The van der Waals surface area contributed by atoms with Crippen LogP contribution >= 0.6 is 15.9 Å². The van der Waals surface area contributed by atoms with E-state index in [1.54, 1.807) is 0 Å². The quantitative estimate of drug-likeness (QED) is 0.671. The van der Waals surface area contributed by atoms with Gasteiger partial charge in [-0.25, -0.2) is 0 Å². The van der Waals surface area contributed by atoms with Crippen molar-refractivity contribution in [1.82, 2.24) is 0 Å². The standard InChI is InChI=1S/C8H5BrF4O4S/c9-6-4(17-7(10)8(11,12)13)2-1-3-5(6)18(14,15)16/h1-3,7H,(H,14,15,16). The van der Waals surface area contributed by atoms with Gasteiger partial charge in [0.1, 0.15) is 10.6 Å². The van der Waals surface area contributed by atoms with Gasteiger partial charge >= 0.3 is 12.5 Å². The number of halogens is 5. The van der Waals surface area contributed by atoms with Crippen LogP contribution < -0.4 is 4.74 Å². The third kappa shape index (κ3) is 3.56. The maximum atomic E-state index is 12.6. The normalized spacial score (nSPS) is 14.3. The SMILES string of the molecule is O=S(=O)(O)c1cccc(OC(F)C(F)(F)F)c1Br. The highest BCUT2D eigenvalue weighted by atomic mass is 79.9. The summed E-state index contributed by atoms with van der Waals surface area (Å²) in [6.07, 6.45) is -8.85. The molecule has 0 aliphatic heterocycles. The molecule has 1 rings (SSSR count). The number of hydrogen-bond acceptors (Lipinski definition) is 3. The van der Waals surface area contributed by atoms with Crippen LogP contribution in [-0.2, 0) is 10.1 Å². The first kappa shape index (κ1) is 15.2. The maximum Gasteiger partial charge on any atom is 0.457 e. The monoisotopic (exact) mass is 352 g/mol. The van der Waals surface area contributed by atoms with E-state index in [1.807, 2.05) is 0 Å². The summed E-state index contributed by atoms with van der Waals surface area (Å²) in [4.78, 5) is -0.727. The summed E-state index contributed by atoms with van der Waals surface area (Å²) < 4.78 is 82.3. The second kappa shape index (κ2) is 5.02. The van der Waals surface area contributed by atoms with Crippen molar-refractivity contribution < 1.29 is 35.3 Å². The van der Waals surface area contributed by atoms with E-state index < -0.39 is 37.8 Å². The van der Waals surface area contributed by atoms with Gasteiger partial charge in [0.15, 0.2) is 0 Å². The Balaban J connectivity index is 3.14. The van der Waals surface area contributed by atoms with E-state index in [-0.39, 0.29) is 0 Å². The summed E-state index contributed by atoms with van der Waals surface area (Å²) >= 11 is 2.61. The van der Waals surface area contributed by atoms with Crippen molar-refractivity contribution >= 4 is 26.0 Å². The highest BCUT2D eigenvalue weighted by molar-refractivity contribution is 9.10. The molecule has 0 radical (unpaired) electrons. The van der Waals surface area contributed by atoms with Crippen LogP contribution in [0.4, 0.5) is 17.6 Å². The first-order valence-electron chi connectivity index (χ1n) is 4.17. The molecule has 1 atom stereocenters. The first-order valence-corrected chi connectivity index (χ1v) is 6.40. The molecule has 10 heteroatoms. The highest BCUT2D eigenvalue weighted by Gasteiger charge is 2.43. The Morgan fingerprint density at radius 2 is 1.89 bits per heavy atom. The van der Waals surface area contributed by atoms with Gasteiger partial charge in [0.2, 0.25) is 0 Å². The van der Waals surface area contributed by atoms with Crippen LogP contribution in [-0.4, -0.2) is 25.5 Å². The Morgan fingerprint density at radius 1 is 1.33 bits per heavy atom. The van der Waals surface area contributed by atoms with Crippen LogP contribution in [0, 0.1) is 0 Å². The van der Waals surface area contributed by atoms with Crippen LogP contribution in [0.25, 0.3) is 0 Å². The van der Waals surface area contributed by atoms with E-state index in [2.05, 4.69) is 20.7 Å². The molecule has 1 aromatic carbocycles. The molecule has 4 nitrogen and oxygen atoms in total. The lowest BCUT2D eigenvalue weighted by atomic mass is 10.3. The summed E-state index contributed by atoms with van der Waals surface area (Å²) in [5.74, 6) is -0.699. The molecule has 0 fully saturated rings. The second-order valence-corrected chi connectivity index (χ2v) is 5.20. The number of ether oxygens (including phenoxy) is 1. The summed E-state index contributed by atoms with van der Waals surface area (Å²) in [7, 11) is -4.66. The third-order valence-corrected chi connectivity index (χ3v) is 3.67. The lowest BCUT2D eigenvalue weighted by Gasteiger charge is -2.15. The molecular formula is C8H5BrF4O4S. The molecule has 0 aliphatic rings. The lowest BCUT2D eigenvalue weighted by molar-refractivity contribution is -0.236. The highest BCUT2D eigenvalue weighted by Crippen LogP contribution is 2.34. The van der Waals surface area contributed by atoms with Crippen LogP contribution in [0.5, 0.6) is 5.75 Å². The molecule has 0 aromatic heterocycles. The third-order valence-electron chi connectivity index (χ3n) is 1.69. The molecule has 102 valence electrons. The van der Waals surface area contributed by atoms with Gasteiger partial charge in [0, 0.05) is 0 Å². The molecule has 0 aliphatic carbocycles. The summed E-state index contributed by atoms with van der Waals surface area (Å²) in [6.45, 7) is 0. The van der Waals surface area contributed by atoms with Crippen molar-refractivity contribution in [3.05, 3.63) is 22.7 Å². The predicted molar refractivity (Wildman–Crippen MR) is 55.5 cm³/mol. The molecule has 0 heterocycles. The average molecular weight is 353 g/mol. The van der Waals surface area contributed by atoms with Crippen molar-refractivity contribution in [1.29, 1.82) is 0 Å². The Morgan fingerprint density at radius 3 is 2.33 bits per heavy atom. The summed E-state index contributed by atoms with van der Waals surface area (Å²) in [5, 5.41) is 0. The Bertz CT molecular complexity index is 543. The lowest BCUT2D eigenvalue weighted by Crippen LogP contribution is -2.30. The minimum Gasteiger partial charge on any atom is -0.451 e. The molecule has 0 bridgehead atoms. The molecular weight excluding hydrogens is 348 g/mol. The van der Waals surface area contributed by atoms with Crippen LogP contribution in [0.2, 0.25) is 0 Å². The van der Waals surface area contributed by atoms with Gasteiger partial charge in [-0.05, 0) is 28.1 Å². The zero-order valence-electron chi connectivity index (χ0n) is 8.28. The van der Waals surface area contributed by atoms with Gasteiger partial charge in [-0.3, -0.25) is 4.55 Å². The largest absolute Gasteiger partial charge is 0.457 e. The predicted octanol–water partition coefficient (Wildman–Crippen LogP) is 2.93. The van der Waals surface area contributed by atoms with Crippen molar-refractivity contribution in [2.24, 2.45) is 0 Å². The van der Waals surface area contributed by atoms with E-state index >= 15 is 0 Å². The number of benzene rings is 1. The van der Waals surface area contributed by atoms with Gasteiger partial charge in [-0.1, -0.05) is 6.07 Å². The fraction of sp³-hybridized carbons (Fsp3) is 0.250. The van der Waals surface area contributed by atoms with E-state index in [4.69, 9.17) is 4.55 Å². The zero-order chi connectivity index (χ0) is 14.1. The number of rotatable bonds is 3. The van der Waals surface area contributed by atoms with Crippen molar-refractivity contribution in [3.8, 4) is 5.75 Å². The topological polar surface area (TPSA) is 63.6 Å². The Kier molecular flexibility index (Phi) is 4.23. The number of hydrogen-bond donors (Lipinski definition) is 1. The molecule has 0 saturated carbocycles. The molecule has 0 amide bonds. The van der Waals surface area contributed by atoms with E-state index in [1.165, 1.54) is 0 Å². The van der Waals surface area contributed by atoms with Crippen LogP contribution in [0.3, 0.4) is 0 Å². The molecule has 18 heavy (non-hydrogen) atoms. The van der Waals surface area contributed by atoms with Crippen molar-refractivity contribution in [3.63, 3.8) is 0 Å². The van der Waals surface area contributed by atoms with Gasteiger partial charge in [0.25, 0.3) is 10.1 Å². The summed E-state index contributed by atoms with van der Waals surface area (Å²) in [5.41, 5.74) is 0. The van der Waals surface area contributed by atoms with Crippen molar-refractivity contribution in [2.45, 2.75) is 17.4 Å². The van der Waals surface area contributed by atoms with Crippen LogP contribution in [0.1, 0.15) is 0 Å². The van der Waals surface area contributed by atoms with E-state index in [9.17, 15) is 26.0 Å². The fourth-order valence-corrected chi connectivity index (χ4v) is 2.51. The van der Waals surface area contributed by atoms with E-state index in [0.29, 0.717) is 0 Å². The second-order valence-electron chi connectivity index (χ2n) is 3.02. The Labute approximate surface area is 107 Å². The molecule has 0 spiro atoms. The minimum atomic E-state index is -5.24. The smallest absolute Gasteiger partial charge is 0.451 e. The Hall–Kier alpha value is -0.870. The molecule has 1 aromatic rings. The molecule has 0 saturated heterocycles. The van der Waals surface area contributed by atoms with Gasteiger partial charge in [-0.15, -0.1) is 0 Å². The summed E-state index contributed by atoms with van der Waals surface area (Å²) in [6, 6.07) is 2.82. The van der Waals surface area contributed by atoms with E-state index in [0.717, 1.165) is 18.2 Å². The minimum absolute atomic E-state index is 0.501. The van der Waals surface area contributed by atoms with Gasteiger partial charge in [-0.2, -0.15) is 26.0 Å². The number of alkyl halides is 4. The van der Waals surface area contributed by atoms with Gasteiger partial charge < -0.3 is 4.74 Å². The average Bonchev–Trinajstić information content (AvgIpc) is 2.17. The first-order chi connectivity index (χ1) is 8.03.